The summed E-state index contributed by atoms with van der Waals surface area (Å²) < 4.78 is 19.7. The number of ether oxygens (including phenoxy) is 1. The molecule has 0 heterocycles. The average Bonchev–Trinajstić information content (AvgIpc) is 2.35. The molecular formula is C14H10BrFO3. The van der Waals surface area contributed by atoms with Gasteiger partial charge in [0.05, 0.1) is 0 Å². The lowest BCUT2D eigenvalue weighted by molar-refractivity contribution is 0.0694. The topological polar surface area (TPSA) is 46.5 Å². The molecule has 5 heteroatoms. The van der Waals surface area contributed by atoms with Gasteiger partial charge in [0, 0.05) is 4.47 Å². The van der Waals surface area contributed by atoms with E-state index in [-0.39, 0.29) is 17.1 Å². The molecule has 98 valence electrons. The fraction of sp³-hybridized carbons (Fsp3) is 0.0714. The van der Waals surface area contributed by atoms with E-state index in [0.29, 0.717) is 10.0 Å². The van der Waals surface area contributed by atoms with Gasteiger partial charge >= 0.3 is 5.97 Å². The highest BCUT2D eigenvalue weighted by molar-refractivity contribution is 9.10. The SMILES string of the molecule is Cc1cccc(C(=O)O)c1Oc1cc(Br)ccc1F. The number of hydrogen-bond donors (Lipinski definition) is 1. The molecule has 0 fully saturated rings. The van der Waals surface area contributed by atoms with Gasteiger partial charge in [-0.2, -0.15) is 0 Å². The predicted molar refractivity (Wildman–Crippen MR) is 72.3 cm³/mol. The Bertz CT molecular complexity index is 641. The Hall–Kier alpha value is -1.88. The summed E-state index contributed by atoms with van der Waals surface area (Å²) in [5.41, 5.74) is 0.624. The maximum Gasteiger partial charge on any atom is 0.339 e. The minimum Gasteiger partial charge on any atom is -0.478 e. The average molecular weight is 325 g/mol. The van der Waals surface area contributed by atoms with Crippen LogP contribution < -0.4 is 4.74 Å². The van der Waals surface area contributed by atoms with Gasteiger partial charge in [0.1, 0.15) is 11.3 Å². The summed E-state index contributed by atoms with van der Waals surface area (Å²) in [6.45, 7) is 1.71. The highest BCUT2D eigenvalue weighted by atomic mass is 79.9. The number of aryl methyl sites for hydroxylation is 1. The third kappa shape index (κ3) is 2.93. The molecule has 2 aromatic carbocycles. The first kappa shape index (κ1) is 13.5. The van der Waals surface area contributed by atoms with E-state index in [1.807, 2.05) is 0 Å². The van der Waals surface area contributed by atoms with E-state index in [2.05, 4.69) is 15.9 Å². The van der Waals surface area contributed by atoms with E-state index in [0.717, 1.165) is 0 Å². The first-order chi connectivity index (χ1) is 8.99. The largest absolute Gasteiger partial charge is 0.478 e. The highest BCUT2D eigenvalue weighted by Gasteiger charge is 2.16. The molecule has 0 saturated heterocycles. The molecular weight excluding hydrogens is 315 g/mol. The van der Waals surface area contributed by atoms with E-state index in [9.17, 15) is 9.18 Å². The molecule has 0 spiro atoms. The Morgan fingerprint density at radius 3 is 2.74 bits per heavy atom. The minimum absolute atomic E-state index is 0.000578. The molecule has 0 aliphatic heterocycles. The molecule has 0 saturated carbocycles. The summed E-state index contributed by atoms with van der Waals surface area (Å²) in [7, 11) is 0. The number of halogens is 2. The predicted octanol–water partition coefficient (Wildman–Crippen LogP) is 4.39. The Morgan fingerprint density at radius 1 is 1.32 bits per heavy atom. The zero-order valence-electron chi connectivity index (χ0n) is 9.98. The van der Waals surface area contributed by atoms with Gasteiger partial charge in [0.25, 0.3) is 0 Å². The van der Waals surface area contributed by atoms with Crippen LogP contribution in [0.4, 0.5) is 4.39 Å². The van der Waals surface area contributed by atoms with Crippen LogP contribution in [0.2, 0.25) is 0 Å². The summed E-state index contributed by atoms with van der Waals surface area (Å²) in [6, 6.07) is 8.98. The lowest BCUT2D eigenvalue weighted by atomic mass is 10.1. The summed E-state index contributed by atoms with van der Waals surface area (Å²) >= 11 is 3.21. The molecule has 2 rings (SSSR count). The summed E-state index contributed by atoms with van der Waals surface area (Å²) in [5, 5.41) is 9.11. The molecule has 2 aromatic rings. The molecule has 0 radical (unpaired) electrons. The van der Waals surface area contributed by atoms with Crippen LogP contribution in [0.1, 0.15) is 15.9 Å². The van der Waals surface area contributed by atoms with Crippen LogP contribution in [0.25, 0.3) is 0 Å². The van der Waals surface area contributed by atoms with Gasteiger partial charge in [-0.25, -0.2) is 9.18 Å². The second-order valence-corrected chi connectivity index (χ2v) is 4.85. The molecule has 1 N–H and O–H groups in total. The lowest BCUT2D eigenvalue weighted by Gasteiger charge is -2.12. The molecule has 0 aliphatic rings. The maximum absolute atomic E-state index is 13.6. The Balaban J connectivity index is 2.49. The van der Waals surface area contributed by atoms with Gasteiger partial charge in [-0.15, -0.1) is 0 Å². The molecule has 0 amide bonds. The second-order valence-electron chi connectivity index (χ2n) is 3.93. The Kier molecular flexibility index (Phi) is 3.85. The number of rotatable bonds is 3. The van der Waals surface area contributed by atoms with E-state index >= 15 is 0 Å². The highest BCUT2D eigenvalue weighted by Crippen LogP contribution is 2.32. The van der Waals surface area contributed by atoms with Gasteiger partial charge in [-0.1, -0.05) is 28.1 Å². The monoisotopic (exact) mass is 324 g/mol. The number of carboxylic acid groups (broad SMARTS) is 1. The van der Waals surface area contributed by atoms with Gasteiger partial charge in [0.2, 0.25) is 0 Å². The molecule has 0 aliphatic carbocycles. The number of para-hydroxylation sites is 1. The fourth-order valence-corrected chi connectivity index (χ4v) is 1.96. The van der Waals surface area contributed by atoms with Crippen molar-refractivity contribution in [3.63, 3.8) is 0 Å². The summed E-state index contributed by atoms with van der Waals surface area (Å²) in [4.78, 5) is 11.1. The smallest absolute Gasteiger partial charge is 0.339 e. The fourth-order valence-electron chi connectivity index (χ4n) is 1.62. The number of carbonyl (C=O) groups is 1. The second kappa shape index (κ2) is 5.40. The number of carboxylic acids is 1. The number of hydrogen-bond acceptors (Lipinski definition) is 2. The first-order valence-corrected chi connectivity index (χ1v) is 6.24. The third-order valence-electron chi connectivity index (χ3n) is 2.55. The van der Waals surface area contributed by atoms with Crippen LogP contribution >= 0.6 is 15.9 Å². The Labute approximate surface area is 117 Å². The van der Waals surface area contributed by atoms with Crippen molar-refractivity contribution in [2.75, 3.05) is 0 Å². The quantitative estimate of drug-likeness (QED) is 0.910. The van der Waals surface area contributed by atoms with E-state index in [1.54, 1.807) is 19.1 Å². The van der Waals surface area contributed by atoms with Crippen molar-refractivity contribution >= 4 is 21.9 Å². The van der Waals surface area contributed by atoms with Crippen molar-refractivity contribution in [1.82, 2.24) is 0 Å². The van der Waals surface area contributed by atoms with Crippen LogP contribution in [-0.4, -0.2) is 11.1 Å². The standard InChI is InChI=1S/C14H10BrFO3/c1-8-3-2-4-10(14(17)18)13(8)19-12-7-9(15)5-6-11(12)16/h2-7H,1H3,(H,17,18). The summed E-state index contributed by atoms with van der Waals surface area (Å²) in [6.07, 6.45) is 0. The molecule has 0 unspecified atom stereocenters. The van der Waals surface area contributed by atoms with E-state index in [1.165, 1.54) is 24.3 Å². The van der Waals surface area contributed by atoms with Crippen LogP contribution in [0.15, 0.2) is 40.9 Å². The zero-order valence-corrected chi connectivity index (χ0v) is 11.6. The molecule has 0 bridgehead atoms. The van der Waals surface area contributed by atoms with Gasteiger partial charge < -0.3 is 9.84 Å². The van der Waals surface area contributed by atoms with Crippen molar-refractivity contribution < 1.29 is 19.0 Å². The van der Waals surface area contributed by atoms with Crippen molar-refractivity contribution in [3.05, 3.63) is 57.8 Å². The normalized spacial score (nSPS) is 10.3. The third-order valence-corrected chi connectivity index (χ3v) is 3.04. The van der Waals surface area contributed by atoms with Crippen molar-refractivity contribution in [1.29, 1.82) is 0 Å². The summed E-state index contributed by atoms with van der Waals surface area (Å²) in [5.74, 6) is -1.55. The van der Waals surface area contributed by atoms with Crippen LogP contribution in [0.5, 0.6) is 11.5 Å². The van der Waals surface area contributed by atoms with Crippen molar-refractivity contribution in [2.45, 2.75) is 6.92 Å². The first-order valence-electron chi connectivity index (χ1n) is 5.45. The Morgan fingerprint density at radius 2 is 2.05 bits per heavy atom. The number of benzene rings is 2. The zero-order chi connectivity index (χ0) is 14.0. The van der Waals surface area contributed by atoms with E-state index in [4.69, 9.17) is 9.84 Å². The van der Waals surface area contributed by atoms with Gasteiger partial charge in [-0.3, -0.25) is 0 Å². The minimum atomic E-state index is -1.12. The molecule has 19 heavy (non-hydrogen) atoms. The van der Waals surface area contributed by atoms with Crippen LogP contribution in [0, 0.1) is 12.7 Å². The van der Waals surface area contributed by atoms with Gasteiger partial charge in [0.15, 0.2) is 11.6 Å². The maximum atomic E-state index is 13.6. The molecule has 0 aromatic heterocycles. The molecule has 3 nitrogen and oxygen atoms in total. The van der Waals surface area contributed by atoms with E-state index < -0.39 is 11.8 Å². The van der Waals surface area contributed by atoms with Crippen LogP contribution in [0.3, 0.4) is 0 Å². The van der Waals surface area contributed by atoms with Crippen LogP contribution in [-0.2, 0) is 0 Å². The van der Waals surface area contributed by atoms with Crippen molar-refractivity contribution in [2.24, 2.45) is 0 Å². The lowest BCUT2D eigenvalue weighted by Crippen LogP contribution is -2.02. The number of aromatic carboxylic acids is 1. The molecule has 0 atom stereocenters. The van der Waals surface area contributed by atoms with Gasteiger partial charge in [-0.05, 0) is 36.8 Å². The van der Waals surface area contributed by atoms with Crippen molar-refractivity contribution in [3.8, 4) is 11.5 Å².